The number of H-pyrrole nitrogens is 1. The molecule has 0 radical (unpaired) electrons. The van der Waals surface area contributed by atoms with Gasteiger partial charge in [0, 0.05) is 23.5 Å². The van der Waals surface area contributed by atoms with E-state index in [4.69, 9.17) is 23.9 Å². The molecule has 17 nitrogen and oxygen atoms in total. The molecule has 1 unspecified atom stereocenters. The smallest absolute Gasteiger partial charge is 0.412 e. The number of aromatic nitrogens is 6. The minimum Gasteiger partial charge on any atom is -0.493 e. The number of hydrogen-bond donors (Lipinski definition) is 2. The number of anilines is 1. The molecule has 0 fully saturated rings. The number of methoxy groups -OCH3 is 1. The number of nitrogens with zero attached hydrogens (tertiary/aromatic N) is 8. The van der Waals surface area contributed by atoms with Gasteiger partial charge in [-0.15, -0.1) is 10.2 Å². The zero-order valence-electron chi connectivity index (χ0n) is 25.6. The van der Waals surface area contributed by atoms with E-state index >= 15 is 0 Å². The van der Waals surface area contributed by atoms with E-state index < -0.39 is 22.8 Å². The molecule has 4 heterocycles. The highest BCUT2D eigenvalue weighted by Crippen LogP contribution is 2.40. The Kier molecular flexibility index (Phi) is 10.1. The standard InChI is InChI=1S/C31H26N10O7S/c1-45-23-11-5-6-12-24(23)48-27-26(20-9-3-2-4-10-20)41(40-49(43)44)29(21-14-16-32-22(19-21)28-36-38-39-37-28)35-30(27)46-17-18-47-31(42)34-25-13-7-8-15-33-25/h2-16,19,29H,17-18H2,1H3,(H,33,34,42)(H,36,37,38,39). The maximum Gasteiger partial charge on any atom is 0.412 e. The number of tetrazole rings is 1. The number of nitrogens with one attached hydrogen (secondary N) is 2. The van der Waals surface area contributed by atoms with Crippen LogP contribution in [0, 0.1) is 0 Å². The fraction of sp³-hybridized carbons (Fsp3) is 0.129. The average molecular weight is 683 g/mol. The van der Waals surface area contributed by atoms with Gasteiger partial charge in [-0.2, -0.15) is 13.6 Å². The molecule has 0 bridgehead atoms. The van der Waals surface area contributed by atoms with Gasteiger partial charge in [-0.25, -0.2) is 19.8 Å². The first-order chi connectivity index (χ1) is 24.0. The molecule has 1 aliphatic rings. The van der Waals surface area contributed by atoms with E-state index in [1.54, 1.807) is 84.9 Å². The van der Waals surface area contributed by atoms with Crippen LogP contribution in [0.4, 0.5) is 10.6 Å². The number of ether oxygens (including phenoxy) is 4. The molecule has 6 rings (SSSR count). The van der Waals surface area contributed by atoms with Crippen LogP contribution >= 0.6 is 0 Å². The first kappa shape index (κ1) is 32.3. The number of hydrogen-bond acceptors (Lipinski definition) is 14. The van der Waals surface area contributed by atoms with Crippen molar-refractivity contribution in [2.24, 2.45) is 9.46 Å². The number of carbonyl (C=O) groups excluding carboxylic acids is 1. The molecule has 1 atom stereocenters. The molecule has 0 saturated heterocycles. The number of para-hydroxylation sites is 2. The summed E-state index contributed by atoms with van der Waals surface area (Å²) in [7, 11) is -1.46. The van der Waals surface area contributed by atoms with Crippen molar-refractivity contribution in [1.29, 1.82) is 0 Å². The Morgan fingerprint density at radius 3 is 2.49 bits per heavy atom. The third kappa shape index (κ3) is 7.83. The highest BCUT2D eigenvalue weighted by Gasteiger charge is 2.37. The van der Waals surface area contributed by atoms with Gasteiger partial charge in [0.2, 0.25) is 11.6 Å². The van der Waals surface area contributed by atoms with Crippen LogP contribution in [0.15, 0.2) is 113 Å². The van der Waals surface area contributed by atoms with Gasteiger partial charge in [0.05, 0.1) is 7.11 Å². The van der Waals surface area contributed by atoms with Gasteiger partial charge in [0.1, 0.15) is 30.4 Å². The molecule has 49 heavy (non-hydrogen) atoms. The molecular weight excluding hydrogens is 656 g/mol. The van der Waals surface area contributed by atoms with Crippen LogP contribution < -0.4 is 14.8 Å². The maximum atomic E-state index is 12.4. The topological polar surface area (TPSA) is 208 Å². The van der Waals surface area contributed by atoms with Crippen LogP contribution in [-0.4, -0.2) is 76.3 Å². The molecule has 5 aromatic rings. The fourth-order valence-electron chi connectivity index (χ4n) is 4.64. The van der Waals surface area contributed by atoms with Gasteiger partial charge in [-0.05, 0) is 46.1 Å². The summed E-state index contributed by atoms with van der Waals surface area (Å²) in [5.74, 6) is 1.13. The Balaban J connectivity index is 1.42. The summed E-state index contributed by atoms with van der Waals surface area (Å²) >= 11 is 0. The number of amides is 1. The molecule has 0 aliphatic carbocycles. The van der Waals surface area contributed by atoms with Crippen LogP contribution in [-0.2, 0) is 20.0 Å². The summed E-state index contributed by atoms with van der Waals surface area (Å²) in [5, 5.41) is 17.7. The number of aliphatic imine (C=N–C) groups is 1. The summed E-state index contributed by atoms with van der Waals surface area (Å²) in [6, 6.07) is 24.0. The fourth-order valence-corrected chi connectivity index (χ4v) is 4.96. The predicted molar refractivity (Wildman–Crippen MR) is 173 cm³/mol. The predicted octanol–water partition coefficient (Wildman–Crippen LogP) is 4.07. The number of pyridine rings is 2. The van der Waals surface area contributed by atoms with Crippen molar-refractivity contribution in [2.75, 3.05) is 25.6 Å². The molecule has 1 aliphatic heterocycles. The summed E-state index contributed by atoms with van der Waals surface area (Å²) in [4.78, 5) is 25.5. The maximum absolute atomic E-state index is 12.4. The Morgan fingerprint density at radius 1 is 0.959 bits per heavy atom. The number of aromatic amines is 1. The van der Waals surface area contributed by atoms with Crippen molar-refractivity contribution in [2.45, 2.75) is 6.17 Å². The van der Waals surface area contributed by atoms with E-state index in [1.165, 1.54) is 24.5 Å². The highest BCUT2D eigenvalue weighted by molar-refractivity contribution is 7.61. The summed E-state index contributed by atoms with van der Waals surface area (Å²) in [6.45, 7) is -0.363. The zero-order valence-corrected chi connectivity index (χ0v) is 26.4. The Morgan fingerprint density at radius 2 is 1.76 bits per heavy atom. The Labute approximate surface area is 279 Å². The molecule has 3 aromatic heterocycles. The molecule has 2 aromatic carbocycles. The van der Waals surface area contributed by atoms with E-state index in [-0.39, 0.29) is 42.1 Å². The SMILES string of the molecule is COc1ccccc1OC1=C(c2ccccc2)N(N=S(=O)=O)C(c2ccnc(-c3nn[nH]n3)c2)N=C1OCCOC(=O)Nc1ccccn1. The number of carbonyl (C=O) groups is 1. The largest absolute Gasteiger partial charge is 0.493 e. The second kappa shape index (κ2) is 15.3. The lowest BCUT2D eigenvalue weighted by molar-refractivity contribution is 0.131. The van der Waals surface area contributed by atoms with Crippen LogP contribution in [0.1, 0.15) is 17.3 Å². The zero-order chi connectivity index (χ0) is 34.0. The minimum atomic E-state index is -2.94. The monoisotopic (exact) mass is 682 g/mol. The molecule has 0 saturated carbocycles. The van der Waals surface area contributed by atoms with Gasteiger partial charge in [-0.1, -0.05) is 48.5 Å². The first-order valence-electron chi connectivity index (χ1n) is 14.5. The van der Waals surface area contributed by atoms with Crippen LogP contribution in [0.25, 0.3) is 17.2 Å². The Bertz CT molecular complexity index is 2100. The van der Waals surface area contributed by atoms with E-state index in [0.717, 1.165) is 0 Å². The third-order valence-electron chi connectivity index (χ3n) is 6.70. The average Bonchev–Trinajstić information content (AvgIpc) is 3.67. The molecular formula is C31H26N10O7S. The van der Waals surface area contributed by atoms with Crippen LogP contribution in [0.3, 0.4) is 0 Å². The van der Waals surface area contributed by atoms with E-state index in [0.29, 0.717) is 28.4 Å². The third-order valence-corrected chi connectivity index (χ3v) is 7.01. The Hall–Kier alpha value is -6.69. The summed E-state index contributed by atoms with van der Waals surface area (Å²) in [6.07, 6.45) is 1.15. The number of rotatable bonds is 11. The first-order valence-corrected chi connectivity index (χ1v) is 15.5. The summed E-state index contributed by atoms with van der Waals surface area (Å²) in [5.41, 5.74) is 1.49. The van der Waals surface area contributed by atoms with Gasteiger partial charge in [0.25, 0.3) is 5.90 Å². The lowest BCUT2D eigenvalue weighted by Gasteiger charge is -2.33. The van der Waals surface area contributed by atoms with E-state index in [2.05, 4.69) is 40.4 Å². The normalized spacial score (nSPS) is 14.0. The van der Waals surface area contributed by atoms with E-state index in [9.17, 15) is 13.2 Å². The lowest BCUT2D eigenvalue weighted by Crippen LogP contribution is -2.33. The molecule has 18 heteroatoms. The number of benzene rings is 2. The molecule has 1 amide bonds. The van der Waals surface area contributed by atoms with Crippen molar-refractivity contribution in [3.8, 4) is 23.0 Å². The van der Waals surface area contributed by atoms with Crippen molar-refractivity contribution < 1.29 is 32.2 Å². The van der Waals surface area contributed by atoms with Gasteiger partial charge in [0.15, 0.2) is 17.7 Å². The lowest BCUT2D eigenvalue weighted by atomic mass is 10.1. The second-order valence-electron chi connectivity index (χ2n) is 9.78. The van der Waals surface area contributed by atoms with Crippen molar-refractivity contribution >= 4 is 34.0 Å². The van der Waals surface area contributed by atoms with Gasteiger partial charge < -0.3 is 18.9 Å². The van der Waals surface area contributed by atoms with Crippen molar-refractivity contribution in [3.05, 3.63) is 114 Å². The van der Waals surface area contributed by atoms with Crippen molar-refractivity contribution in [1.82, 2.24) is 35.6 Å². The molecule has 2 N–H and O–H groups in total. The van der Waals surface area contributed by atoms with E-state index in [1.807, 2.05) is 0 Å². The quantitative estimate of drug-likeness (QED) is 0.189. The summed E-state index contributed by atoms with van der Waals surface area (Å²) < 4.78 is 51.8. The highest BCUT2D eigenvalue weighted by atomic mass is 32.2. The minimum absolute atomic E-state index is 0.00605. The van der Waals surface area contributed by atoms with Crippen molar-refractivity contribution in [3.63, 3.8) is 0 Å². The molecule has 0 spiro atoms. The van der Waals surface area contributed by atoms with Crippen LogP contribution in [0.2, 0.25) is 0 Å². The van der Waals surface area contributed by atoms with Crippen LogP contribution in [0.5, 0.6) is 11.5 Å². The molecule has 248 valence electrons. The second-order valence-corrected chi connectivity index (χ2v) is 10.4. The van der Waals surface area contributed by atoms with Gasteiger partial charge >= 0.3 is 16.6 Å². The van der Waals surface area contributed by atoms with Gasteiger partial charge in [-0.3, -0.25) is 10.3 Å².